The van der Waals surface area contributed by atoms with E-state index in [-0.39, 0.29) is 20.4 Å². The molecule has 6 aromatic rings. The summed E-state index contributed by atoms with van der Waals surface area (Å²) in [5.74, 6) is 0.370. The number of benzene rings is 6. The van der Waals surface area contributed by atoms with Crippen molar-refractivity contribution in [2.45, 2.75) is 63.9 Å². The molecule has 0 bridgehead atoms. The van der Waals surface area contributed by atoms with Crippen LogP contribution in [0, 0.1) is 0 Å². The van der Waals surface area contributed by atoms with Crippen LogP contribution < -0.4 is 26.5 Å². The molecule has 2 nitrogen and oxygen atoms in total. The first kappa shape index (κ1) is 40.4. The van der Waals surface area contributed by atoms with Gasteiger partial charge in [-0.3, -0.25) is 0 Å². The molecule has 0 saturated heterocycles. The summed E-state index contributed by atoms with van der Waals surface area (Å²) in [6.45, 7) is 3.11. The fourth-order valence-corrected chi connectivity index (χ4v) is 14.6. The van der Waals surface area contributed by atoms with Gasteiger partial charge < -0.3 is 10.8 Å². The van der Waals surface area contributed by atoms with Crippen molar-refractivity contribution in [3.8, 4) is 0 Å². The van der Waals surface area contributed by atoms with Crippen LogP contribution in [0.3, 0.4) is 0 Å². The molecule has 8 rings (SSSR count). The molecular weight excluding hydrogens is 773 g/mol. The normalized spacial score (nSPS) is 15.6. The van der Waals surface area contributed by atoms with Gasteiger partial charge in [-0.2, -0.15) is 0 Å². The first-order valence-corrected chi connectivity index (χ1v) is 21.8. The zero-order valence-electron chi connectivity index (χ0n) is 30.8. The van der Waals surface area contributed by atoms with Crippen molar-refractivity contribution in [1.82, 2.24) is 0 Å². The largest absolute Gasteiger partial charge is 2.00 e. The van der Waals surface area contributed by atoms with Gasteiger partial charge in [-0.05, 0) is 115 Å². The minimum atomic E-state index is -1.25. The number of aryl methyl sites for hydroxylation is 2. The summed E-state index contributed by atoms with van der Waals surface area (Å²) in [4.78, 5) is 0. The summed E-state index contributed by atoms with van der Waals surface area (Å²) >= 11 is 0. The van der Waals surface area contributed by atoms with E-state index in [1.807, 2.05) is 0 Å². The molecule has 0 spiro atoms. The Balaban J connectivity index is 0.000000727. The fraction of sp³-hybridized carbons (Fsp3) is 0.208. The Labute approximate surface area is 333 Å². The minimum Gasteiger partial charge on any atom is -0.814 e. The maximum absolute atomic E-state index is 7.44. The minimum absolute atomic E-state index is 0. The van der Waals surface area contributed by atoms with Crippen molar-refractivity contribution in [3.05, 3.63) is 196 Å². The second-order valence-electron chi connectivity index (χ2n) is 13.5. The van der Waals surface area contributed by atoms with Crippen molar-refractivity contribution < 1.29 is 20.4 Å². The summed E-state index contributed by atoms with van der Waals surface area (Å²) in [5.41, 5.74) is 8.64. The van der Waals surface area contributed by atoms with Crippen LogP contribution in [0.2, 0.25) is 0 Å². The van der Waals surface area contributed by atoms with Gasteiger partial charge in [0.1, 0.15) is 15.9 Å². The van der Waals surface area contributed by atoms with Crippen LogP contribution in [0.5, 0.6) is 0 Å². The van der Waals surface area contributed by atoms with Crippen LogP contribution in [-0.2, 0) is 39.7 Å². The molecule has 5 heteroatoms. The molecule has 0 amide bonds. The van der Waals surface area contributed by atoms with Gasteiger partial charge in [0.25, 0.3) is 0 Å². The summed E-state index contributed by atoms with van der Waals surface area (Å²) in [6, 6.07) is 60.5. The van der Waals surface area contributed by atoms with Gasteiger partial charge in [-0.25, -0.2) is 12.4 Å². The average molecular weight is 823 g/mol. The molecular formula is C48H50N2P2Pd+2. The third-order valence-electron chi connectivity index (χ3n) is 10.3. The molecule has 0 radical (unpaired) electrons. The van der Waals surface area contributed by atoms with Crippen LogP contribution in [0.1, 0.15) is 66.8 Å². The molecule has 0 fully saturated rings. The smallest absolute Gasteiger partial charge is 0.814 e. The third-order valence-corrected chi connectivity index (χ3v) is 16.4. The van der Waals surface area contributed by atoms with Crippen LogP contribution >= 0.6 is 15.8 Å². The number of hydrogen-bond acceptors (Lipinski definition) is 0. The van der Waals surface area contributed by atoms with E-state index in [4.69, 9.17) is 10.8 Å². The average Bonchev–Trinajstić information content (AvgIpc) is 3.20. The second kappa shape index (κ2) is 20.6. The van der Waals surface area contributed by atoms with Crippen molar-refractivity contribution in [1.29, 1.82) is 0 Å². The van der Waals surface area contributed by atoms with Gasteiger partial charge in [-0.1, -0.05) is 117 Å². The van der Waals surface area contributed by atoms with Crippen LogP contribution in [0.15, 0.2) is 158 Å². The molecule has 2 atom stereocenters. The number of rotatable bonds is 7. The summed E-state index contributed by atoms with van der Waals surface area (Å²) in [7, 11) is -2.38. The van der Waals surface area contributed by atoms with Gasteiger partial charge in [0.15, 0.2) is 0 Å². The van der Waals surface area contributed by atoms with Gasteiger partial charge in [0.05, 0.1) is 38.0 Å². The van der Waals surface area contributed by atoms with E-state index in [1.165, 1.54) is 53.3 Å². The van der Waals surface area contributed by atoms with E-state index < -0.39 is 15.8 Å². The number of nitrogens with zero attached hydrogens (tertiary/aromatic N) is 2. The van der Waals surface area contributed by atoms with Crippen molar-refractivity contribution in [2.24, 2.45) is 0 Å². The third kappa shape index (κ3) is 9.47. The second-order valence-corrected chi connectivity index (χ2v) is 18.6. The predicted molar refractivity (Wildman–Crippen MR) is 234 cm³/mol. The maximum Gasteiger partial charge on any atom is 2.00 e. The first-order valence-electron chi connectivity index (χ1n) is 18.7. The van der Waals surface area contributed by atoms with Crippen LogP contribution in [0.4, 0.5) is 0 Å². The standard InChI is InChI=1S/C44H40P2.2C2H4N.Pd/c1-5-19-35(20-6-1)45(36-21-7-2-8-22-36)41-31-29-33-17-13-15-27-39(33)43(41)44-40-28-16-14-18-34(40)30-32-42(44)46(37-23-9-3-10-24-37)38-25-11-4-12-26-38;2*1-2-3;/h1-13,15,17,19-27,30,32,41,43H,14,16,18,28-29,31H2;2*2H,1H3;/q;2*-1;+2/p+2/t41-,43+;;;/m1.../s1. The molecule has 0 aromatic heterocycles. The van der Waals surface area contributed by atoms with E-state index in [2.05, 4.69) is 158 Å². The van der Waals surface area contributed by atoms with Crippen molar-refractivity contribution in [3.63, 3.8) is 0 Å². The van der Waals surface area contributed by atoms with Gasteiger partial charge in [0, 0.05) is 5.56 Å². The molecule has 2 aliphatic rings. The molecule has 0 N–H and O–H groups in total. The van der Waals surface area contributed by atoms with E-state index >= 15 is 0 Å². The van der Waals surface area contributed by atoms with E-state index in [1.54, 1.807) is 47.0 Å². The summed E-state index contributed by atoms with van der Waals surface area (Å²) in [5, 5.41) is 22.5. The molecule has 0 heterocycles. The Morgan fingerprint density at radius 3 is 1.49 bits per heavy atom. The molecule has 2 aliphatic carbocycles. The Morgan fingerprint density at radius 1 is 0.509 bits per heavy atom. The van der Waals surface area contributed by atoms with Gasteiger partial charge in [-0.15, -0.1) is 0 Å². The Kier molecular flexibility index (Phi) is 15.7. The Morgan fingerprint density at radius 2 is 0.962 bits per heavy atom. The van der Waals surface area contributed by atoms with Crippen LogP contribution in [-0.4, -0.2) is 18.1 Å². The predicted octanol–water partition coefficient (Wildman–Crippen LogP) is 9.66. The number of hydrogen-bond donors (Lipinski definition) is 0. The van der Waals surface area contributed by atoms with Crippen molar-refractivity contribution in [2.75, 3.05) is 0 Å². The molecule has 53 heavy (non-hydrogen) atoms. The Hall–Kier alpha value is -3.82. The molecule has 0 aliphatic heterocycles. The first-order chi connectivity index (χ1) is 25.7. The maximum atomic E-state index is 7.44. The summed E-state index contributed by atoms with van der Waals surface area (Å²) < 4.78 is 0. The van der Waals surface area contributed by atoms with Gasteiger partial charge in [0.2, 0.25) is 0 Å². The summed E-state index contributed by atoms with van der Waals surface area (Å²) in [6.07, 6.45) is 9.37. The van der Waals surface area contributed by atoms with E-state index in [9.17, 15) is 0 Å². The molecule has 0 saturated carbocycles. The Bertz CT molecular complexity index is 1930. The number of fused-ring (bicyclic) bond motifs is 2. The van der Waals surface area contributed by atoms with Crippen molar-refractivity contribution >= 4 is 54.8 Å². The molecule has 0 unspecified atom stereocenters. The quantitative estimate of drug-likeness (QED) is 0.0876. The monoisotopic (exact) mass is 822 g/mol. The molecule has 270 valence electrons. The van der Waals surface area contributed by atoms with Gasteiger partial charge >= 0.3 is 20.4 Å². The van der Waals surface area contributed by atoms with Crippen LogP contribution in [0.25, 0.3) is 10.8 Å². The topological polar surface area (TPSA) is 44.6 Å². The van der Waals surface area contributed by atoms with E-state index in [0.29, 0.717) is 11.6 Å². The SMILES string of the molecule is CC=[N-].CC=[N-].[Pd+2].c1ccc([PH+](c2ccccc2)c2ccc3c(c2[C@H]2c4ccccc4CC[C@H]2[PH+](c2ccccc2)c2ccccc2)CCCC3)cc1. The zero-order chi connectivity index (χ0) is 36.1. The van der Waals surface area contributed by atoms with E-state index in [0.717, 1.165) is 18.9 Å². The fourth-order valence-electron chi connectivity index (χ4n) is 8.37. The zero-order valence-corrected chi connectivity index (χ0v) is 34.3. The molecule has 6 aromatic carbocycles.